The molecule has 1 aromatic carbocycles. The van der Waals surface area contributed by atoms with E-state index in [0.717, 1.165) is 17.5 Å². The zero-order valence-corrected chi connectivity index (χ0v) is 9.12. The maximum atomic E-state index is 11.5. The summed E-state index contributed by atoms with van der Waals surface area (Å²) in [4.78, 5) is 11.5. The highest BCUT2D eigenvalue weighted by molar-refractivity contribution is 5.78. The van der Waals surface area contributed by atoms with Crippen molar-refractivity contribution in [3.8, 4) is 0 Å². The van der Waals surface area contributed by atoms with Gasteiger partial charge in [-0.3, -0.25) is 4.79 Å². The number of carbonyl (C=O) groups excluding carboxylic acids is 1. The first-order chi connectivity index (χ1) is 7.24. The number of hydrogen-bond acceptors (Lipinski definition) is 1. The third-order valence-electron chi connectivity index (χ3n) is 2.28. The Bertz CT molecular complexity index is 344. The quantitative estimate of drug-likeness (QED) is 0.577. The van der Waals surface area contributed by atoms with Gasteiger partial charge in [0.25, 0.3) is 0 Å². The first-order valence-electron chi connectivity index (χ1n) is 5.16. The summed E-state index contributed by atoms with van der Waals surface area (Å²) in [5.41, 5.74) is 2.25. The van der Waals surface area contributed by atoms with Crippen LogP contribution in [0.5, 0.6) is 0 Å². The van der Waals surface area contributed by atoms with E-state index < -0.39 is 0 Å². The zero-order chi connectivity index (χ0) is 11.1. The fraction of sp³-hybridized carbons (Fsp3) is 0.308. The molecule has 0 aliphatic heterocycles. The second-order valence-corrected chi connectivity index (χ2v) is 3.53. The summed E-state index contributed by atoms with van der Waals surface area (Å²) in [7, 11) is 0. The van der Waals surface area contributed by atoms with Crippen LogP contribution in [0, 0.1) is 6.92 Å². The van der Waals surface area contributed by atoms with Gasteiger partial charge in [-0.2, -0.15) is 0 Å². The predicted octanol–water partition coefficient (Wildman–Crippen LogP) is 2.23. The lowest BCUT2D eigenvalue weighted by Gasteiger charge is -2.05. The van der Waals surface area contributed by atoms with Crippen molar-refractivity contribution >= 4 is 5.91 Å². The van der Waals surface area contributed by atoms with Crippen LogP contribution in [0.1, 0.15) is 17.5 Å². The largest absolute Gasteiger partial charge is 0.356 e. The van der Waals surface area contributed by atoms with E-state index in [4.69, 9.17) is 0 Å². The molecule has 80 valence electrons. The summed E-state index contributed by atoms with van der Waals surface area (Å²) < 4.78 is 0. The fourth-order valence-electron chi connectivity index (χ4n) is 1.36. The first-order valence-corrected chi connectivity index (χ1v) is 5.16. The number of rotatable bonds is 5. The molecule has 2 nitrogen and oxygen atoms in total. The molecule has 0 aliphatic carbocycles. The highest BCUT2D eigenvalue weighted by Gasteiger charge is 2.03. The van der Waals surface area contributed by atoms with Crippen molar-refractivity contribution in [2.75, 3.05) is 6.54 Å². The van der Waals surface area contributed by atoms with Crippen molar-refractivity contribution in [2.24, 2.45) is 0 Å². The van der Waals surface area contributed by atoms with Gasteiger partial charge in [-0.1, -0.05) is 30.3 Å². The zero-order valence-electron chi connectivity index (χ0n) is 9.12. The molecule has 0 spiro atoms. The van der Waals surface area contributed by atoms with Gasteiger partial charge >= 0.3 is 0 Å². The molecule has 1 amide bonds. The van der Waals surface area contributed by atoms with Crippen LogP contribution in [0.2, 0.25) is 0 Å². The smallest absolute Gasteiger partial charge is 0.224 e. The van der Waals surface area contributed by atoms with Gasteiger partial charge in [-0.15, -0.1) is 6.58 Å². The van der Waals surface area contributed by atoms with E-state index in [9.17, 15) is 4.79 Å². The first kappa shape index (κ1) is 11.5. The second kappa shape index (κ2) is 6.02. The van der Waals surface area contributed by atoms with E-state index in [0.29, 0.717) is 13.0 Å². The highest BCUT2D eigenvalue weighted by Crippen LogP contribution is 2.07. The monoisotopic (exact) mass is 203 g/mol. The van der Waals surface area contributed by atoms with Gasteiger partial charge in [-0.05, 0) is 24.5 Å². The van der Waals surface area contributed by atoms with Gasteiger partial charge in [0.2, 0.25) is 5.91 Å². The van der Waals surface area contributed by atoms with Crippen LogP contribution < -0.4 is 5.32 Å². The van der Waals surface area contributed by atoms with Gasteiger partial charge in [0.1, 0.15) is 0 Å². The van der Waals surface area contributed by atoms with Crippen LogP contribution in [0.25, 0.3) is 0 Å². The normalized spacial score (nSPS) is 9.67. The number of benzene rings is 1. The predicted molar refractivity (Wildman–Crippen MR) is 62.7 cm³/mol. The molecule has 0 bridgehead atoms. The lowest BCUT2D eigenvalue weighted by atomic mass is 10.1. The van der Waals surface area contributed by atoms with Crippen LogP contribution in [0.15, 0.2) is 36.9 Å². The van der Waals surface area contributed by atoms with Gasteiger partial charge in [-0.25, -0.2) is 0 Å². The fourth-order valence-corrected chi connectivity index (χ4v) is 1.36. The average Bonchev–Trinajstić information content (AvgIpc) is 2.22. The highest BCUT2D eigenvalue weighted by atomic mass is 16.1. The Hall–Kier alpha value is -1.57. The number of carbonyl (C=O) groups is 1. The lowest BCUT2D eigenvalue weighted by molar-refractivity contribution is -0.120. The molecule has 1 rings (SSSR count). The Morgan fingerprint density at radius 2 is 2.20 bits per heavy atom. The van der Waals surface area contributed by atoms with Crippen LogP contribution in [-0.4, -0.2) is 12.5 Å². The van der Waals surface area contributed by atoms with E-state index in [1.165, 1.54) is 0 Å². The molecule has 0 heterocycles. The number of amides is 1. The number of nitrogens with one attached hydrogen (secondary N) is 1. The summed E-state index contributed by atoms with van der Waals surface area (Å²) in [5, 5.41) is 2.85. The molecule has 0 aliphatic rings. The van der Waals surface area contributed by atoms with Crippen molar-refractivity contribution in [1.82, 2.24) is 5.32 Å². The summed E-state index contributed by atoms with van der Waals surface area (Å²) in [6.07, 6.45) is 3.08. The molecule has 1 N–H and O–H groups in total. The van der Waals surface area contributed by atoms with Crippen LogP contribution in [-0.2, 0) is 11.2 Å². The molecule has 0 atom stereocenters. The van der Waals surface area contributed by atoms with Crippen LogP contribution in [0.3, 0.4) is 0 Å². The van der Waals surface area contributed by atoms with Gasteiger partial charge in [0.05, 0.1) is 6.42 Å². The van der Waals surface area contributed by atoms with Gasteiger partial charge in [0, 0.05) is 6.54 Å². The van der Waals surface area contributed by atoms with E-state index in [1.54, 1.807) is 6.08 Å². The van der Waals surface area contributed by atoms with Gasteiger partial charge < -0.3 is 5.32 Å². The van der Waals surface area contributed by atoms with Gasteiger partial charge in [0.15, 0.2) is 0 Å². The minimum atomic E-state index is 0.0751. The standard InChI is InChI=1S/C13H17NO/c1-3-4-9-14-13(15)10-12-8-6-5-7-11(12)2/h3,5-8H,1,4,9-10H2,2H3,(H,14,15). The second-order valence-electron chi connectivity index (χ2n) is 3.53. The number of aryl methyl sites for hydroxylation is 1. The van der Waals surface area contributed by atoms with Crippen molar-refractivity contribution in [3.05, 3.63) is 48.0 Å². The molecule has 0 fully saturated rings. The summed E-state index contributed by atoms with van der Waals surface area (Å²) in [6, 6.07) is 7.95. The summed E-state index contributed by atoms with van der Waals surface area (Å²) in [5.74, 6) is 0.0751. The molecule has 0 unspecified atom stereocenters. The molecule has 2 heteroatoms. The molecule has 0 saturated heterocycles. The maximum Gasteiger partial charge on any atom is 0.224 e. The Morgan fingerprint density at radius 3 is 2.87 bits per heavy atom. The van der Waals surface area contributed by atoms with Crippen molar-refractivity contribution < 1.29 is 4.79 Å². The summed E-state index contributed by atoms with van der Waals surface area (Å²) in [6.45, 7) is 6.30. The SMILES string of the molecule is C=CCCNC(=O)Cc1ccccc1C. The molecular weight excluding hydrogens is 186 g/mol. The number of hydrogen-bond donors (Lipinski definition) is 1. The Balaban J connectivity index is 2.44. The molecule has 0 radical (unpaired) electrons. The third kappa shape index (κ3) is 3.98. The molecular formula is C13H17NO. The Kier molecular flexibility index (Phi) is 4.61. The minimum absolute atomic E-state index is 0.0751. The minimum Gasteiger partial charge on any atom is -0.356 e. The van der Waals surface area contributed by atoms with Crippen LogP contribution >= 0.6 is 0 Å². The van der Waals surface area contributed by atoms with E-state index in [-0.39, 0.29) is 5.91 Å². The van der Waals surface area contributed by atoms with Crippen molar-refractivity contribution in [1.29, 1.82) is 0 Å². The third-order valence-corrected chi connectivity index (χ3v) is 2.28. The summed E-state index contributed by atoms with van der Waals surface area (Å²) >= 11 is 0. The molecule has 1 aromatic rings. The molecule has 0 aromatic heterocycles. The topological polar surface area (TPSA) is 29.1 Å². The van der Waals surface area contributed by atoms with E-state index >= 15 is 0 Å². The van der Waals surface area contributed by atoms with E-state index in [2.05, 4.69) is 11.9 Å². The Labute approximate surface area is 91.0 Å². The van der Waals surface area contributed by atoms with Crippen molar-refractivity contribution in [2.45, 2.75) is 19.8 Å². The maximum absolute atomic E-state index is 11.5. The van der Waals surface area contributed by atoms with Crippen LogP contribution in [0.4, 0.5) is 0 Å². The lowest BCUT2D eigenvalue weighted by Crippen LogP contribution is -2.26. The van der Waals surface area contributed by atoms with E-state index in [1.807, 2.05) is 31.2 Å². The molecule has 0 saturated carbocycles. The molecule has 15 heavy (non-hydrogen) atoms. The van der Waals surface area contributed by atoms with Crippen molar-refractivity contribution in [3.63, 3.8) is 0 Å². The Morgan fingerprint density at radius 1 is 1.47 bits per heavy atom. The average molecular weight is 203 g/mol.